The average molecular weight is 312 g/mol. The van der Waals surface area contributed by atoms with E-state index in [1.165, 1.54) is 32.1 Å². The van der Waals surface area contributed by atoms with Crippen LogP contribution >= 0.6 is 0 Å². The maximum Gasteiger partial charge on any atom is 0.220 e. The van der Waals surface area contributed by atoms with Crippen LogP contribution in [0.3, 0.4) is 0 Å². The number of aliphatic hydroxyl groups is 1. The standard InChI is InChI=1S/C18H36N2O2/c1-3-5-13-18(22)19-14-16-20(4-2)15-11-9-7-6-8-10-12-17-21/h3,21H,1,4-17H2,2H3,(H,19,22). The molecule has 4 heteroatoms. The number of likely N-dealkylation sites (N-methyl/N-ethyl adjacent to an activating group) is 1. The van der Waals surface area contributed by atoms with Gasteiger partial charge in [0, 0.05) is 26.1 Å². The lowest BCUT2D eigenvalue weighted by atomic mass is 10.1. The Bertz CT molecular complexity index is 270. The van der Waals surface area contributed by atoms with Crippen LogP contribution in [0.1, 0.15) is 64.7 Å². The minimum Gasteiger partial charge on any atom is -0.396 e. The molecule has 0 atom stereocenters. The van der Waals surface area contributed by atoms with E-state index < -0.39 is 0 Å². The molecule has 0 aromatic rings. The van der Waals surface area contributed by atoms with Crippen molar-refractivity contribution in [1.82, 2.24) is 10.2 Å². The highest BCUT2D eigenvalue weighted by Crippen LogP contribution is 2.07. The predicted molar refractivity (Wildman–Crippen MR) is 94.0 cm³/mol. The van der Waals surface area contributed by atoms with Crippen molar-refractivity contribution in [3.8, 4) is 0 Å². The first-order chi connectivity index (χ1) is 10.7. The lowest BCUT2D eigenvalue weighted by Gasteiger charge is -2.20. The van der Waals surface area contributed by atoms with Gasteiger partial charge in [0.15, 0.2) is 0 Å². The zero-order valence-corrected chi connectivity index (χ0v) is 14.5. The van der Waals surface area contributed by atoms with Crippen LogP contribution in [0.15, 0.2) is 12.7 Å². The van der Waals surface area contributed by atoms with Crippen molar-refractivity contribution < 1.29 is 9.90 Å². The summed E-state index contributed by atoms with van der Waals surface area (Å²) in [6.07, 6.45) is 11.5. The van der Waals surface area contributed by atoms with E-state index in [9.17, 15) is 4.79 Å². The van der Waals surface area contributed by atoms with E-state index in [0.29, 0.717) is 13.0 Å². The number of hydrogen-bond acceptors (Lipinski definition) is 3. The quantitative estimate of drug-likeness (QED) is 0.340. The second kappa shape index (κ2) is 16.5. The minimum atomic E-state index is 0.124. The fraction of sp³-hybridized carbons (Fsp3) is 0.833. The van der Waals surface area contributed by atoms with Gasteiger partial charge < -0.3 is 15.3 Å². The third kappa shape index (κ3) is 14.1. The predicted octanol–water partition coefficient (Wildman–Crippen LogP) is 3.11. The largest absolute Gasteiger partial charge is 0.396 e. The monoisotopic (exact) mass is 312 g/mol. The first kappa shape index (κ1) is 21.1. The van der Waals surface area contributed by atoms with Crippen molar-refractivity contribution in [2.75, 3.05) is 32.8 Å². The van der Waals surface area contributed by atoms with Crippen molar-refractivity contribution in [3.63, 3.8) is 0 Å². The number of unbranched alkanes of at least 4 members (excludes halogenated alkanes) is 6. The van der Waals surface area contributed by atoms with E-state index in [1.807, 2.05) is 0 Å². The van der Waals surface area contributed by atoms with Gasteiger partial charge in [-0.05, 0) is 32.4 Å². The molecular formula is C18H36N2O2. The van der Waals surface area contributed by atoms with Gasteiger partial charge in [-0.15, -0.1) is 6.58 Å². The normalized spacial score (nSPS) is 10.9. The maximum atomic E-state index is 11.5. The summed E-state index contributed by atoms with van der Waals surface area (Å²) < 4.78 is 0. The molecule has 0 fully saturated rings. The molecule has 0 unspecified atom stereocenters. The van der Waals surface area contributed by atoms with Gasteiger partial charge in [-0.25, -0.2) is 0 Å². The van der Waals surface area contributed by atoms with Crippen molar-refractivity contribution in [1.29, 1.82) is 0 Å². The molecule has 0 aliphatic carbocycles. The molecule has 1 amide bonds. The molecule has 0 spiro atoms. The zero-order chi connectivity index (χ0) is 16.5. The number of nitrogens with one attached hydrogen (secondary N) is 1. The molecule has 130 valence electrons. The van der Waals surface area contributed by atoms with E-state index in [4.69, 9.17) is 5.11 Å². The lowest BCUT2D eigenvalue weighted by molar-refractivity contribution is -0.121. The highest BCUT2D eigenvalue weighted by molar-refractivity contribution is 5.75. The van der Waals surface area contributed by atoms with E-state index >= 15 is 0 Å². The highest BCUT2D eigenvalue weighted by Gasteiger charge is 2.03. The molecule has 2 N–H and O–H groups in total. The third-order valence-corrected chi connectivity index (χ3v) is 3.91. The van der Waals surface area contributed by atoms with Gasteiger partial charge >= 0.3 is 0 Å². The molecule has 4 nitrogen and oxygen atoms in total. The Morgan fingerprint density at radius 3 is 2.32 bits per heavy atom. The van der Waals surface area contributed by atoms with Gasteiger partial charge in [-0.1, -0.05) is 45.1 Å². The van der Waals surface area contributed by atoms with Crippen molar-refractivity contribution in [2.45, 2.75) is 64.7 Å². The molecule has 0 aliphatic rings. The Morgan fingerprint density at radius 2 is 1.73 bits per heavy atom. The number of hydrogen-bond donors (Lipinski definition) is 2. The number of allylic oxidation sites excluding steroid dienone is 1. The van der Waals surface area contributed by atoms with E-state index in [0.717, 1.165) is 45.4 Å². The summed E-state index contributed by atoms with van der Waals surface area (Å²) in [6.45, 7) is 9.97. The topological polar surface area (TPSA) is 52.6 Å². The number of aliphatic hydroxyl groups excluding tert-OH is 1. The molecular weight excluding hydrogens is 276 g/mol. The second-order valence-corrected chi connectivity index (χ2v) is 5.81. The Kier molecular flexibility index (Phi) is 15.8. The molecule has 0 aromatic heterocycles. The van der Waals surface area contributed by atoms with Gasteiger partial charge in [-0.2, -0.15) is 0 Å². The number of rotatable bonds is 16. The molecule has 0 aliphatic heterocycles. The summed E-state index contributed by atoms with van der Waals surface area (Å²) in [5.74, 6) is 0.124. The second-order valence-electron chi connectivity index (χ2n) is 5.81. The zero-order valence-electron chi connectivity index (χ0n) is 14.5. The van der Waals surface area contributed by atoms with E-state index in [2.05, 4.69) is 23.7 Å². The molecule has 0 saturated heterocycles. The number of carbonyl (C=O) groups is 1. The van der Waals surface area contributed by atoms with Crippen LogP contribution in [0.2, 0.25) is 0 Å². The Morgan fingerprint density at radius 1 is 1.09 bits per heavy atom. The SMILES string of the molecule is C=CCCC(=O)NCCN(CC)CCCCCCCCCO. The first-order valence-corrected chi connectivity index (χ1v) is 8.95. The van der Waals surface area contributed by atoms with Gasteiger partial charge in [0.25, 0.3) is 0 Å². The van der Waals surface area contributed by atoms with Gasteiger partial charge in [0.1, 0.15) is 0 Å². The van der Waals surface area contributed by atoms with Crippen LogP contribution in [0, 0.1) is 0 Å². The summed E-state index contributed by atoms with van der Waals surface area (Å²) in [6, 6.07) is 0. The Labute approximate surface area is 137 Å². The maximum absolute atomic E-state index is 11.5. The molecule has 0 heterocycles. The smallest absolute Gasteiger partial charge is 0.220 e. The summed E-state index contributed by atoms with van der Waals surface area (Å²) in [5.41, 5.74) is 0. The molecule has 0 rings (SSSR count). The number of amides is 1. The number of carbonyl (C=O) groups excluding carboxylic acids is 1. The van der Waals surface area contributed by atoms with Crippen LogP contribution in [-0.2, 0) is 4.79 Å². The third-order valence-electron chi connectivity index (χ3n) is 3.91. The van der Waals surface area contributed by atoms with Crippen molar-refractivity contribution in [3.05, 3.63) is 12.7 Å². The summed E-state index contributed by atoms with van der Waals surface area (Å²) >= 11 is 0. The van der Waals surface area contributed by atoms with E-state index in [1.54, 1.807) is 6.08 Å². The molecule has 0 aromatic carbocycles. The molecule has 0 radical (unpaired) electrons. The average Bonchev–Trinajstić information content (AvgIpc) is 2.53. The van der Waals surface area contributed by atoms with Crippen molar-refractivity contribution >= 4 is 5.91 Å². The summed E-state index contributed by atoms with van der Waals surface area (Å²) in [4.78, 5) is 13.9. The van der Waals surface area contributed by atoms with E-state index in [-0.39, 0.29) is 5.91 Å². The van der Waals surface area contributed by atoms with Gasteiger partial charge in [-0.3, -0.25) is 4.79 Å². The molecule has 0 saturated carbocycles. The van der Waals surface area contributed by atoms with Crippen LogP contribution < -0.4 is 5.32 Å². The fourth-order valence-electron chi connectivity index (χ4n) is 2.43. The van der Waals surface area contributed by atoms with Crippen molar-refractivity contribution in [2.24, 2.45) is 0 Å². The van der Waals surface area contributed by atoms with Gasteiger partial charge in [0.2, 0.25) is 5.91 Å². The van der Waals surface area contributed by atoms with Crippen LogP contribution in [-0.4, -0.2) is 48.7 Å². The summed E-state index contributed by atoms with van der Waals surface area (Å²) in [7, 11) is 0. The minimum absolute atomic E-state index is 0.124. The lowest BCUT2D eigenvalue weighted by Crippen LogP contribution is -2.35. The summed E-state index contributed by atoms with van der Waals surface area (Å²) in [5, 5.41) is 11.7. The molecule has 0 bridgehead atoms. The van der Waals surface area contributed by atoms with Crippen LogP contribution in [0.5, 0.6) is 0 Å². The fourth-order valence-corrected chi connectivity index (χ4v) is 2.43. The Hall–Kier alpha value is -0.870. The first-order valence-electron chi connectivity index (χ1n) is 8.95. The number of nitrogens with zero attached hydrogens (tertiary/aromatic N) is 1. The van der Waals surface area contributed by atoms with Crippen LogP contribution in [0.25, 0.3) is 0 Å². The highest BCUT2D eigenvalue weighted by atomic mass is 16.2. The Balaban J connectivity index is 3.46. The molecule has 22 heavy (non-hydrogen) atoms. The van der Waals surface area contributed by atoms with Gasteiger partial charge in [0.05, 0.1) is 0 Å². The van der Waals surface area contributed by atoms with Crippen LogP contribution in [0.4, 0.5) is 0 Å².